The summed E-state index contributed by atoms with van der Waals surface area (Å²) in [6, 6.07) is 2.91. The van der Waals surface area contributed by atoms with E-state index in [0.29, 0.717) is 23.9 Å². The summed E-state index contributed by atoms with van der Waals surface area (Å²) in [5.74, 6) is 0.277. The fourth-order valence-corrected chi connectivity index (χ4v) is 4.54. The van der Waals surface area contributed by atoms with Crippen molar-refractivity contribution in [2.24, 2.45) is 18.1 Å². The molecule has 1 aliphatic heterocycles. The molecule has 0 aromatic carbocycles. The molecule has 1 atom stereocenters. The number of aromatic nitrogens is 2. The molecule has 7 nitrogen and oxygen atoms in total. The van der Waals surface area contributed by atoms with Crippen molar-refractivity contribution in [1.29, 1.82) is 0 Å². The van der Waals surface area contributed by atoms with E-state index in [1.165, 1.54) is 17.7 Å². The highest BCUT2D eigenvalue weighted by molar-refractivity contribution is 7.91. The van der Waals surface area contributed by atoms with Crippen LogP contribution in [0.4, 0.5) is 0 Å². The van der Waals surface area contributed by atoms with E-state index in [-0.39, 0.29) is 10.1 Å². The molecule has 23 heavy (non-hydrogen) atoms. The number of nitrogens with two attached hydrogens (primary N) is 1. The fourth-order valence-electron chi connectivity index (χ4n) is 2.84. The van der Waals surface area contributed by atoms with Crippen LogP contribution in [-0.4, -0.2) is 42.1 Å². The Hall–Kier alpha value is -1.71. The quantitative estimate of drug-likeness (QED) is 0.879. The normalized spacial score (nSPS) is 18.5. The Morgan fingerprint density at radius 1 is 1.48 bits per heavy atom. The maximum absolute atomic E-state index is 12.5. The minimum absolute atomic E-state index is 0.0203. The predicted molar refractivity (Wildman–Crippen MR) is 86.6 cm³/mol. The lowest BCUT2D eigenvalue weighted by Crippen LogP contribution is -2.28. The van der Waals surface area contributed by atoms with Gasteiger partial charge in [0.2, 0.25) is 10.0 Å². The lowest BCUT2D eigenvalue weighted by atomic mass is 10.0. The van der Waals surface area contributed by atoms with Crippen LogP contribution in [0, 0.1) is 5.92 Å². The van der Waals surface area contributed by atoms with Gasteiger partial charge in [0.15, 0.2) is 0 Å². The molecule has 0 radical (unpaired) electrons. The zero-order valence-corrected chi connectivity index (χ0v) is 14.3. The molecule has 3 rings (SSSR count). The summed E-state index contributed by atoms with van der Waals surface area (Å²) in [7, 11) is -1.87. The lowest BCUT2D eigenvalue weighted by Gasteiger charge is -2.15. The van der Waals surface area contributed by atoms with E-state index in [2.05, 4.69) is 5.10 Å². The van der Waals surface area contributed by atoms with Crippen LogP contribution in [0.3, 0.4) is 0 Å². The first-order valence-corrected chi connectivity index (χ1v) is 9.58. The Labute approximate surface area is 138 Å². The van der Waals surface area contributed by atoms with E-state index in [9.17, 15) is 13.2 Å². The number of carbonyl (C=O) groups excluding carboxylic acids is 1. The van der Waals surface area contributed by atoms with E-state index in [4.69, 9.17) is 5.14 Å². The lowest BCUT2D eigenvalue weighted by molar-refractivity contribution is 0.0792. The van der Waals surface area contributed by atoms with Crippen LogP contribution in [0.2, 0.25) is 0 Å². The molecule has 124 valence electrons. The minimum Gasteiger partial charge on any atom is -0.338 e. The number of amides is 1. The third-order valence-corrected chi connectivity index (χ3v) is 6.44. The summed E-state index contributed by atoms with van der Waals surface area (Å²) in [6.45, 7) is 1.36. The van der Waals surface area contributed by atoms with Gasteiger partial charge in [0.1, 0.15) is 4.21 Å². The summed E-state index contributed by atoms with van der Waals surface area (Å²) in [4.78, 5) is 14.7. The molecule has 2 aromatic rings. The number of primary sulfonamides is 1. The zero-order valence-electron chi connectivity index (χ0n) is 12.7. The van der Waals surface area contributed by atoms with Gasteiger partial charge in [-0.1, -0.05) is 0 Å². The topological polar surface area (TPSA) is 98.3 Å². The molecule has 0 spiro atoms. The monoisotopic (exact) mass is 354 g/mol. The second-order valence-electron chi connectivity index (χ2n) is 5.80. The van der Waals surface area contributed by atoms with Crippen molar-refractivity contribution in [3.8, 4) is 0 Å². The molecule has 0 saturated carbocycles. The maximum atomic E-state index is 12.5. The number of carbonyl (C=O) groups is 1. The van der Waals surface area contributed by atoms with Gasteiger partial charge in [-0.3, -0.25) is 9.48 Å². The number of thiophene rings is 1. The number of rotatable bonds is 4. The first-order valence-electron chi connectivity index (χ1n) is 7.22. The Morgan fingerprint density at radius 3 is 2.87 bits per heavy atom. The average molecular weight is 354 g/mol. The van der Waals surface area contributed by atoms with Gasteiger partial charge in [-0.05, 0) is 36.5 Å². The Bertz CT molecular complexity index is 825. The number of hydrogen-bond donors (Lipinski definition) is 1. The number of hydrogen-bond acceptors (Lipinski definition) is 5. The summed E-state index contributed by atoms with van der Waals surface area (Å²) >= 11 is 0.926. The van der Waals surface area contributed by atoms with Crippen LogP contribution >= 0.6 is 11.3 Å². The number of likely N-dealkylation sites (tertiary alicyclic amines) is 1. The predicted octanol–water partition coefficient (Wildman–Crippen LogP) is 0.834. The molecule has 0 aliphatic carbocycles. The zero-order chi connectivity index (χ0) is 16.6. The number of aryl methyl sites for hydroxylation is 1. The fraction of sp³-hybridized carbons (Fsp3) is 0.429. The van der Waals surface area contributed by atoms with Gasteiger partial charge in [0, 0.05) is 26.3 Å². The van der Waals surface area contributed by atoms with Gasteiger partial charge in [-0.15, -0.1) is 11.3 Å². The largest absolute Gasteiger partial charge is 0.338 e. The molecular formula is C14H18N4O3S2. The first kappa shape index (κ1) is 16.2. The van der Waals surface area contributed by atoms with Crippen LogP contribution in [0.25, 0.3) is 0 Å². The van der Waals surface area contributed by atoms with E-state index in [1.807, 2.05) is 19.4 Å². The van der Waals surface area contributed by atoms with Gasteiger partial charge in [0.25, 0.3) is 5.91 Å². The maximum Gasteiger partial charge on any atom is 0.263 e. The van der Waals surface area contributed by atoms with Crippen LogP contribution in [0.5, 0.6) is 0 Å². The van der Waals surface area contributed by atoms with Crippen molar-refractivity contribution >= 4 is 27.3 Å². The highest BCUT2D eigenvalue weighted by atomic mass is 32.2. The average Bonchev–Trinajstić information content (AvgIpc) is 3.18. The van der Waals surface area contributed by atoms with E-state index < -0.39 is 10.0 Å². The summed E-state index contributed by atoms with van der Waals surface area (Å²) < 4.78 is 24.4. The molecular weight excluding hydrogens is 336 g/mol. The molecule has 0 bridgehead atoms. The summed E-state index contributed by atoms with van der Waals surface area (Å²) in [5.41, 5.74) is 1.17. The van der Waals surface area contributed by atoms with E-state index in [0.717, 1.165) is 24.2 Å². The standard InChI is InChI=1S/C14H18N4O3S2/c1-17-8-11(7-16-17)6-10-4-5-18(9-10)14(19)12-2-3-13(22-12)23(15,20)21/h2-3,7-8,10H,4-6,9H2,1H3,(H2,15,20,21). The highest BCUT2D eigenvalue weighted by Gasteiger charge is 2.28. The SMILES string of the molecule is Cn1cc(CC2CCN(C(=O)c3ccc(S(N)(=O)=O)s3)C2)cn1. The van der Waals surface area contributed by atoms with Crippen molar-refractivity contribution in [1.82, 2.24) is 14.7 Å². The van der Waals surface area contributed by atoms with Gasteiger partial charge < -0.3 is 4.90 Å². The van der Waals surface area contributed by atoms with Crippen LogP contribution < -0.4 is 5.14 Å². The minimum atomic E-state index is -3.75. The third kappa shape index (κ3) is 3.62. The van der Waals surface area contributed by atoms with Gasteiger partial charge in [-0.25, -0.2) is 13.6 Å². The van der Waals surface area contributed by atoms with Gasteiger partial charge >= 0.3 is 0 Å². The van der Waals surface area contributed by atoms with Crippen molar-refractivity contribution in [3.05, 3.63) is 35.0 Å². The molecule has 1 aliphatic rings. The Morgan fingerprint density at radius 2 is 2.26 bits per heavy atom. The second-order valence-corrected chi connectivity index (χ2v) is 8.67. The van der Waals surface area contributed by atoms with Crippen LogP contribution in [-0.2, 0) is 23.5 Å². The van der Waals surface area contributed by atoms with Crippen molar-refractivity contribution in [2.45, 2.75) is 17.1 Å². The van der Waals surface area contributed by atoms with Crippen LogP contribution in [0.1, 0.15) is 21.7 Å². The molecule has 1 fully saturated rings. The molecule has 3 heterocycles. The number of sulfonamides is 1. The molecule has 2 aromatic heterocycles. The summed E-state index contributed by atoms with van der Waals surface area (Å²) in [6.07, 6.45) is 5.67. The molecule has 1 saturated heterocycles. The van der Waals surface area contributed by atoms with E-state index >= 15 is 0 Å². The first-order chi connectivity index (χ1) is 10.8. The van der Waals surface area contributed by atoms with Crippen LogP contribution in [0.15, 0.2) is 28.7 Å². The Kier molecular flexibility index (Phi) is 4.26. The van der Waals surface area contributed by atoms with Crippen molar-refractivity contribution < 1.29 is 13.2 Å². The third-order valence-electron chi connectivity index (χ3n) is 3.93. The van der Waals surface area contributed by atoms with Gasteiger partial charge in [-0.2, -0.15) is 5.10 Å². The molecule has 9 heteroatoms. The highest BCUT2D eigenvalue weighted by Crippen LogP contribution is 2.26. The van der Waals surface area contributed by atoms with Crippen molar-refractivity contribution in [3.63, 3.8) is 0 Å². The van der Waals surface area contributed by atoms with Crippen molar-refractivity contribution in [2.75, 3.05) is 13.1 Å². The van der Waals surface area contributed by atoms with Gasteiger partial charge in [0.05, 0.1) is 11.1 Å². The molecule has 1 unspecified atom stereocenters. The Balaban J connectivity index is 1.64. The summed E-state index contributed by atoms with van der Waals surface area (Å²) in [5, 5.41) is 9.24. The molecule has 1 amide bonds. The van der Waals surface area contributed by atoms with E-state index in [1.54, 1.807) is 9.58 Å². The molecule has 2 N–H and O–H groups in total. The smallest absolute Gasteiger partial charge is 0.263 e. The number of nitrogens with zero attached hydrogens (tertiary/aromatic N) is 3. The second kappa shape index (κ2) is 6.06.